The molecule has 2 aromatic carbocycles. The van der Waals surface area contributed by atoms with Gasteiger partial charge in [-0.25, -0.2) is 0 Å². The van der Waals surface area contributed by atoms with E-state index in [-0.39, 0.29) is 0 Å². The predicted molar refractivity (Wildman–Crippen MR) is 80.1 cm³/mol. The van der Waals surface area contributed by atoms with Gasteiger partial charge in [0.05, 0.1) is 7.11 Å². The van der Waals surface area contributed by atoms with Crippen LogP contribution in [0.3, 0.4) is 0 Å². The fraction of sp³-hybridized carbons (Fsp3) is 0.235. The number of nitrogens with zero attached hydrogens (tertiary/aromatic N) is 1. The van der Waals surface area contributed by atoms with Gasteiger partial charge in [-0.2, -0.15) is 0 Å². The zero-order valence-electron chi connectivity index (χ0n) is 11.8. The number of para-hydroxylation sites is 1. The molecular weight excluding hydrogens is 250 g/mol. The highest BCUT2D eigenvalue weighted by Gasteiger charge is 1.99. The van der Waals surface area contributed by atoms with Gasteiger partial charge in [-0.1, -0.05) is 48.5 Å². The highest BCUT2D eigenvalue weighted by atomic mass is 16.6. The summed E-state index contributed by atoms with van der Waals surface area (Å²) < 4.78 is 5.21. The zero-order valence-corrected chi connectivity index (χ0v) is 11.8. The minimum absolute atomic E-state index is 0.440. The van der Waals surface area contributed by atoms with E-state index in [4.69, 9.17) is 9.57 Å². The van der Waals surface area contributed by atoms with Crippen LogP contribution in [0.2, 0.25) is 0 Å². The molecule has 0 heterocycles. The normalized spacial score (nSPS) is 10.7. The molecule has 0 unspecified atom stereocenters. The Balaban J connectivity index is 1.93. The fourth-order valence-corrected chi connectivity index (χ4v) is 1.86. The van der Waals surface area contributed by atoms with Crippen molar-refractivity contribution in [2.24, 2.45) is 5.16 Å². The molecule has 0 fully saturated rings. The fourth-order valence-electron chi connectivity index (χ4n) is 1.86. The van der Waals surface area contributed by atoms with Crippen molar-refractivity contribution in [3.05, 3.63) is 65.2 Å². The van der Waals surface area contributed by atoms with Crippen LogP contribution in [0.4, 0.5) is 0 Å². The van der Waals surface area contributed by atoms with Crippen molar-refractivity contribution in [2.75, 3.05) is 7.11 Å². The lowest BCUT2D eigenvalue weighted by Crippen LogP contribution is -1.92. The van der Waals surface area contributed by atoms with Gasteiger partial charge in [-0.3, -0.25) is 0 Å². The molecule has 0 atom stereocenters. The molecule has 0 aromatic heterocycles. The van der Waals surface area contributed by atoms with Gasteiger partial charge >= 0.3 is 0 Å². The third-order valence-electron chi connectivity index (χ3n) is 2.97. The van der Waals surface area contributed by atoms with E-state index in [1.54, 1.807) is 7.11 Å². The summed E-state index contributed by atoms with van der Waals surface area (Å²) in [6.07, 6.45) is 3.86. The van der Waals surface area contributed by atoms with Crippen LogP contribution in [-0.2, 0) is 17.9 Å². The zero-order chi connectivity index (χ0) is 14.2. The lowest BCUT2D eigenvalue weighted by atomic mass is 10.1. The Morgan fingerprint density at radius 1 is 1.05 bits per heavy atom. The van der Waals surface area contributed by atoms with Crippen molar-refractivity contribution in [1.82, 2.24) is 0 Å². The van der Waals surface area contributed by atoms with Gasteiger partial charge in [0.15, 0.2) is 0 Å². The van der Waals surface area contributed by atoms with Gasteiger partial charge in [0, 0.05) is 5.56 Å². The molecule has 2 rings (SSSR count). The van der Waals surface area contributed by atoms with E-state index in [1.165, 1.54) is 5.56 Å². The number of ether oxygens (including phenoxy) is 1. The van der Waals surface area contributed by atoms with Crippen LogP contribution in [-0.4, -0.2) is 13.3 Å². The summed E-state index contributed by atoms with van der Waals surface area (Å²) in [5.74, 6) is 0.729. The summed E-state index contributed by atoms with van der Waals surface area (Å²) in [6, 6.07) is 15.8. The standard InChI is InChI=1S/C17H18NO2/c1-3-14-7-6-8-15(11-14)13-20-18-12-16-9-4-5-10-17(16)19-2/h4-11H,3,13H2,1-2H3. The van der Waals surface area contributed by atoms with Crippen LogP contribution in [0.1, 0.15) is 23.6 Å². The molecule has 0 N–H and O–H groups in total. The number of aryl methyl sites for hydroxylation is 1. The van der Waals surface area contributed by atoms with Crippen molar-refractivity contribution in [1.29, 1.82) is 0 Å². The molecule has 0 saturated carbocycles. The van der Waals surface area contributed by atoms with Gasteiger partial charge in [-0.05, 0) is 29.7 Å². The van der Waals surface area contributed by atoms with Crippen molar-refractivity contribution < 1.29 is 9.57 Å². The Kier molecular flexibility index (Phi) is 5.18. The van der Waals surface area contributed by atoms with E-state index in [1.807, 2.05) is 36.4 Å². The van der Waals surface area contributed by atoms with Gasteiger partial charge in [0.2, 0.25) is 0 Å². The first-order chi connectivity index (χ1) is 9.83. The van der Waals surface area contributed by atoms with Crippen LogP contribution in [0.25, 0.3) is 0 Å². The maximum Gasteiger partial charge on any atom is 0.143 e. The number of methoxy groups -OCH3 is 1. The molecule has 0 amide bonds. The minimum atomic E-state index is 0.440. The van der Waals surface area contributed by atoms with Gasteiger partial charge < -0.3 is 9.57 Å². The second-order valence-electron chi connectivity index (χ2n) is 4.35. The van der Waals surface area contributed by atoms with Crippen LogP contribution < -0.4 is 4.74 Å². The summed E-state index contributed by atoms with van der Waals surface area (Å²) in [5, 5.41) is 3.87. The molecule has 2 aromatic rings. The Morgan fingerprint density at radius 2 is 1.85 bits per heavy atom. The van der Waals surface area contributed by atoms with Gasteiger partial charge in [-0.15, -0.1) is 0 Å². The quantitative estimate of drug-likeness (QED) is 0.591. The summed E-state index contributed by atoms with van der Waals surface area (Å²) in [4.78, 5) is 5.28. The maximum atomic E-state index is 5.28. The molecule has 20 heavy (non-hydrogen) atoms. The predicted octanol–water partition coefficient (Wildman–Crippen LogP) is 3.69. The number of rotatable bonds is 6. The monoisotopic (exact) mass is 268 g/mol. The minimum Gasteiger partial charge on any atom is -0.496 e. The first-order valence-corrected chi connectivity index (χ1v) is 6.62. The largest absolute Gasteiger partial charge is 0.496 e. The van der Waals surface area contributed by atoms with E-state index < -0.39 is 0 Å². The van der Waals surface area contributed by atoms with E-state index in [2.05, 4.69) is 30.4 Å². The van der Waals surface area contributed by atoms with Gasteiger partial charge in [0.25, 0.3) is 0 Å². The summed E-state index contributed by atoms with van der Waals surface area (Å²) in [5.41, 5.74) is 3.18. The summed E-state index contributed by atoms with van der Waals surface area (Å²) >= 11 is 0. The summed E-state index contributed by atoms with van der Waals surface area (Å²) in [7, 11) is 1.62. The highest BCUT2D eigenvalue weighted by Crippen LogP contribution is 2.15. The summed E-state index contributed by atoms with van der Waals surface area (Å²) in [6.45, 7) is 2.57. The Labute approximate surface area is 119 Å². The van der Waals surface area contributed by atoms with E-state index >= 15 is 0 Å². The second kappa shape index (κ2) is 7.34. The molecule has 1 radical (unpaired) electrons. The molecule has 3 nitrogen and oxygen atoms in total. The molecule has 0 saturated heterocycles. The van der Waals surface area contributed by atoms with Crippen molar-refractivity contribution in [2.45, 2.75) is 20.0 Å². The molecule has 0 aliphatic carbocycles. The third-order valence-corrected chi connectivity index (χ3v) is 2.97. The Hall–Kier alpha value is -2.29. The SMILES string of the molecule is CCc1cccc(CO/N=[C]\c2ccccc2OC)c1. The van der Waals surface area contributed by atoms with E-state index in [9.17, 15) is 0 Å². The lowest BCUT2D eigenvalue weighted by Gasteiger charge is -2.03. The van der Waals surface area contributed by atoms with Crippen molar-refractivity contribution >= 4 is 6.21 Å². The van der Waals surface area contributed by atoms with Crippen molar-refractivity contribution in [3.8, 4) is 5.75 Å². The van der Waals surface area contributed by atoms with Crippen LogP contribution in [0.5, 0.6) is 5.75 Å². The highest BCUT2D eigenvalue weighted by molar-refractivity contribution is 5.82. The first kappa shape index (κ1) is 14.1. The molecule has 0 aliphatic heterocycles. The van der Waals surface area contributed by atoms with Crippen LogP contribution in [0, 0.1) is 0 Å². The first-order valence-electron chi connectivity index (χ1n) is 6.62. The Morgan fingerprint density at radius 3 is 2.65 bits per heavy atom. The van der Waals surface area contributed by atoms with E-state index in [0.717, 1.165) is 23.3 Å². The van der Waals surface area contributed by atoms with E-state index in [0.29, 0.717) is 6.61 Å². The third kappa shape index (κ3) is 3.85. The molecule has 103 valence electrons. The Bertz CT molecular complexity index is 579. The number of hydrogen-bond acceptors (Lipinski definition) is 3. The van der Waals surface area contributed by atoms with Crippen LogP contribution in [0.15, 0.2) is 53.7 Å². The second-order valence-corrected chi connectivity index (χ2v) is 4.35. The molecule has 0 bridgehead atoms. The smallest absolute Gasteiger partial charge is 0.143 e. The maximum absolute atomic E-state index is 5.28. The van der Waals surface area contributed by atoms with Gasteiger partial charge in [0.1, 0.15) is 18.6 Å². The average Bonchev–Trinajstić information content (AvgIpc) is 2.52. The molecule has 0 aliphatic rings. The number of hydrogen-bond donors (Lipinski definition) is 0. The molecular formula is C17H18NO2. The lowest BCUT2D eigenvalue weighted by molar-refractivity contribution is 0.132. The molecule has 3 heteroatoms. The number of benzene rings is 2. The van der Waals surface area contributed by atoms with Crippen LogP contribution >= 0.6 is 0 Å². The van der Waals surface area contributed by atoms with Crippen molar-refractivity contribution in [3.63, 3.8) is 0 Å². The molecule has 0 spiro atoms. The average molecular weight is 268 g/mol. The topological polar surface area (TPSA) is 30.8 Å².